The van der Waals surface area contributed by atoms with E-state index in [4.69, 9.17) is 0 Å². The van der Waals surface area contributed by atoms with Crippen molar-refractivity contribution in [2.45, 2.75) is 65.5 Å². The summed E-state index contributed by atoms with van der Waals surface area (Å²) in [4.78, 5) is 41.8. The van der Waals surface area contributed by atoms with E-state index < -0.39 is 47.4 Å². The molecular formula is C26H31F3N7O3+. The van der Waals surface area contributed by atoms with Crippen molar-refractivity contribution < 1.29 is 32.1 Å². The third-order valence-electron chi connectivity index (χ3n) is 7.86. The Kier molecular flexibility index (Phi) is 6.82. The lowest BCUT2D eigenvalue weighted by Crippen LogP contribution is -2.60. The van der Waals surface area contributed by atoms with Crippen molar-refractivity contribution in [1.82, 2.24) is 25.2 Å². The molecule has 0 unspecified atom stereocenters. The maximum Gasteiger partial charge on any atom is 0.471 e. The maximum absolute atomic E-state index is 13.8. The highest BCUT2D eigenvalue weighted by Gasteiger charge is 2.71. The molecule has 0 bridgehead atoms. The van der Waals surface area contributed by atoms with Gasteiger partial charge in [-0.3, -0.25) is 9.59 Å². The number of benzene rings is 1. The molecule has 0 radical (unpaired) electrons. The predicted molar refractivity (Wildman–Crippen MR) is 133 cm³/mol. The van der Waals surface area contributed by atoms with Crippen LogP contribution in [0.15, 0.2) is 24.3 Å². The Labute approximate surface area is 223 Å². The number of nitrogens with zero attached hydrogens (tertiary/aromatic N) is 6. The lowest BCUT2D eigenvalue weighted by atomic mass is 9.85. The zero-order chi connectivity index (χ0) is 29.1. The number of halogens is 3. The molecule has 1 saturated carbocycles. The topological polar surface area (TPSA) is 124 Å². The molecule has 39 heavy (non-hydrogen) atoms. The minimum atomic E-state index is -5.18. The zero-order valence-electron chi connectivity index (χ0n) is 22.4. The van der Waals surface area contributed by atoms with Gasteiger partial charge in [0, 0.05) is 12.5 Å². The normalized spacial score (nSPS) is 23.5. The molecule has 5 atom stereocenters. The molecule has 1 aliphatic heterocycles. The van der Waals surface area contributed by atoms with E-state index in [1.54, 1.807) is 24.3 Å². The van der Waals surface area contributed by atoms with Crippen molar-refractivity contribution in [3.05, 3.63) is 24.3 Å². The molecule has 0 spiro atoms. The van der Waals surface area contributed by atoms with E-state index in [1.165, 1.54) is 30.5 Å². The van der Waals surface area contributed by atoms with E-state index >= 15 is 0 Å². The summed E-state index contributed by atoms with van der Waals surface area (Å²) in [7, 11) is 0. The fourth-order valence-corrected chi connectivity index (χ4v) is 5.50. The van der Waals surface area contributed by atoms with Gasteiger partial charge in [0.1, 0.15) is 36.4 Å². The van der Waals surface area contributed by atoms with Crippen molar-refractivity contribution in [2.24, 2.45) is 22.7 Å². The number of carbonyl (C=O) groups is 3. The Morgan fingerprint density at radius 3 is 2.26 bits per heavy atom. The molecule has 1 aliphatic carbocycles. The quantitative estimate of drug-likeness (QED) is 0.438. The summed E-state index contributed by atoms with van der Waals surface area (Å²) in [6.45, 7) is 12.4. The molecule has 1 aromatic carbocycles. The van der Waals surface area contributed by atoms with Crippen LogP contribution in [0.4, 0.5) is 13.2 Å². The standard InChI is InChI=1S/C26H30F3N7O3/c1-24(2,3)20(31-23(39)26(27,28)29)22(38)35-13-15-18(25(15,4)5)19(35)21(37)34(6)14(11-30)12-36-32-16-9-7-8-10-17(16)33-36/h7-10,14-15,18-20H,6,12-13H2,1-5H3/p+1/t14-,15+,18-,19+,20-/m1/s1. The minimum Gasteiger partial charge on any atom is -0.336 e. The number of amides is 3. The minimum absolute atomic E-state index is 0.0682. The van der Waals surface area contributed by atoms with Gasteiger partial charge in [-0.15, -0.1) is 0 Å². The van der Waals surface area contributed by atoms with Gasteiger partial charge in [-0.25, -0.2) is 4.79 Å². The summed E-state index contributed by atoms with van der Waals surface area (Å²) >= 11 is 0. The number of likely N-dealkylation sites (tertiary alicyclic amines) is 1. The van der Waals surface area contributed by atoms with Crippen molar-refractivity contribution in [3.8, 4) is 6.07 Å². The fraction of sp³-hybridized carbons (Fsp3) is 0.577. The average molecular weight is 547 g/mol. The number of hydrogen-bond donors (Lipinski definition) is 1. The van der Waals surface area contributed by atoms with Crippen LogP contribution in [-0.2, 0) is 20.9 Å². The summed E-state index contributed by atoms with van der Waals surface area (Å²) in [5.41, 5.74) is -0.157. The molecule has 1 N–H and O–H groups in total. The lowest BCUT2D eigenvalue weighted by Gasteiger charge is -2.36. The van der Waals surface area contributed by atoms with Crippen LogP contribution in [0, 0.1) is 34.0 Å². The molecule has 1 saturated heterocycles. The zero-order valence-corrected chi connectivity index (χ0v) is 22.4. The van der Waals surface area contributed by atoms with Gasteiger partial charge in [0.2, 0.25) is 5.91 Å². The number of nitriles is 1. The largest absolute Gasteiger partial charge is 0.471 e. The van der Waals surface area contributed by atoms with Gasteiger partial charge in [0.25, 0.3) is 6.04 Å². The molecule has 4 rings (SSSR count). The first-order valence-electron chi connectivity index (χ1n) is 12.5. The van der Waals surface area contributed by atoms with Crippen LogP contribution < -0.4 is 5.32 Å². The highest BCUT2D eigenvalue weighted by Crippen LogP contribution is 2.65. The molecule has 208 valence electrons. The van der Waals surface area contributed by atoms with E-state index in [0.717, 1.165) is 4.58 Å². The second-order valence-electron chi connectivity index (χ2n) is 11.9. The van der Waals surface area contributed by atoms with Crippen LogP contribution >= 0.6 is 0 Å². The third-order valence-corrected chi connectivity index (χ3v) is 7.86. The summed E-state index contributed by atoms with van der Waals surface area (Å²) in [6, 6.07) is 5.47. The van der Waals surface area contributed by atoms with Crippen molar-refractivity contribution in [3.63, 3.8) is 0 Å². The molecule has 1 aromatic heterocycles. The summed E-state index contributed by atoms with van der Waals surface area (Å²) < 4.78 is 40.1. The third kappa shape index (κ3) is 5.12. The Morgan fingerprint density at radius 1 is 1.21 bits per heavy atom. The van der Waals surface area contributed by atoms with E-state index in [9.17, 15) is 32.8 Å². The molecule has 10 nitrogen and oxygen atoms in total. The second kappa shape index (κ2) is 9.43. The molecule has 2 heterocycles. The Balaban J connectivity index is 1.59. The molecule has 3 amide bonds. The fourth-order valence-electron chi connectivity index (χ4n) is 5.50. The molecule has 2 aromatic rings. The molecule has 2 fully saturated rings. The smallest absolute Gasteiger partial charge is 0.336 e. The van der Waals surface area contributed by atoms with E-state index in [-0.39, 0.29) is 30.3 Å². The van der Waals surface area contributed by atoms with E-state index in [0.29, 0.717) is 11.0 Å². The van der Waals surface area contributed by atoms with Crippen LogP contribution in [0.2, 0.25) is 0 Å². The van der Waals surface area contributed by atoms with Crippen LogP contribution in [0.25, 0.3) is 11.0 Å². The number of aromatic nitrogens is 3. The first-order valence-corrected chi connectivity index (χ1v) is 12.5. The van der Waals surface area contributed by atoms with Crippen molar-refractivity contribution in [2.75, 3.05) is 6.54 Å². The van der Waals surface area contributed by atoms with Gasteiger partial charge in [0.05, 0.1) is 0 Å². The summed E-state index contributed by atoms with van der Waals surface area (Å²) in [5.74, 6) is -3.98. The highest BCUT2D eigenvalue weighted by atomic mass is 19.4. The van der Waals surface area contributed by atoms with Gasteiger partial charge in [-0.05, 0) is 28.9 Å². The van der Waals surface area contributed by atoms with E-state index in [2.05, 4.69) is 16.9 Å². The predicted octanol–water partition coefficient (Wildman–Crippen LogP) is 2.14. The molecular weight excluding hydrogens is 515 g/mol. The van der Waals surface area contributed by atoms with Gasteiger partial charge < -0.3 is 10.2 Å². The summed E-state index contributed by atoms with van der Waals surface area (Å²) in [6.07, 6.45) is -5.18. The SMILES string of the molecule is C=[N+](C(=O)[C@@H]1[C@H]2[C@H](CN1C(=O)[C@@H](NC(=O)C(F)(F)F)C(C)(C)C)C2(C)C)[C@H](C#N)Cn1nc2ccccc2n1. The lowest BCUT2D eigenvalue weighted by molar-refractivity contribution is -0.472. The van der Waals surface area contributed by atoms with Gasteiger partial charge in [0.15, 0.2) is 6.04 Å². The first-order chi connectivity index (χ1) is 18.0. The number of rotatable bonds is 6. The Hall–Kier alpha value is -3.82. The van der Waals surface area contributed by atoms with Crippen LogP contribution in [0.5, 0.6) is 0 Å². The number of nitrogens with one attached hydrogen (secondary N) is 1. The van der Waals surface area contributed by atoms with E-state index in [1.807, 2.05) is 25.2 Å². The van der Waals surface area contributed by atoms with Gasteiger partial charge in [-0.1, -0.05) is 46.8 Å². The van der Waals surface area contributed by atoms with Crippen molar-refractivity contribution in [1.29, 1.82) is 5.26 Å². The van der Waals surface area contributed by atoms with Crippen molar-refractivity contribution >= 4 is 35.5 Å². The number of alkyl halides is 3. The van der Waals surface area contributed by atoms with Crippen LogP contribution in [0.3, 0.4) is 0 Å². The monoisotopic (exact) mass is 546 g/mol. The molecule has 2 aliphatic rings. The maximum atomic E-state index is 13.8. The Bertz CT molecular complexity index is 1350. The van der Waals surface area contributed by atoms with Gasteiger partial charge >= 0.3 is 18.0 Å². The second-order valence-corrected chi connectivity index (χ2v) is 11.9. The number of carbonyl (C=O) groups excluding carboxylic acids is 3. The number of fused-ring (bicyclic) bond motifs is 2. The summed E-state index contributed by atoms with van der Waals surface area (Å²) in [5, 5.41) is 20.3. The average Bonchev–Trinajstić information content (AvgIpc) is 3.20. The Morgan fingerprint density at radius 2 is 1.77 bits per heavy atom. The number of piperidine rings is 1. The first kappa shape index (κ1) is 28.2. The highest BCUT2D eigenvalue weighted by molar-refractivity contribution is 5.93. The van der Waals surface area contributed by atoms with Gasteiger partial charge in [-0.2, -0.15) is 38.0 Å². The number of hydrogen-bond acceptors (Lipinski definition) is 6. The molecule has 13 heteroatoms. The van der Waals surface area contributed by atoms with Crippen LogP contribution in [0.1, 0.15) is 34.6 Å². The van der Waals surface area contributed by atoms with Crippen LogP contribution in [-0.4, -0.2) is 79.8 Å².